The average Bonchev–Trinajstić information content (AvgIpc) is 2.89. The Kier molecular flexibility index (Phi) is 3.66. The minimum absolute atomic E-state index is 0.0162. The Labute approximate surface area is 120 Å². The molecule has 0 amide bonds. The highest BCUT2D eigenvalue weighted by molar-refractivity contribution is 9.10. The second-order valence-corrected chi connectivity index (χ2v) is 5.75. The Bertz CT molecular complexity index is 570. The highest BCUT2D eigenvalue weighted by Gasteiger charge is 2.29. The normalized spacial score (nSPS) is 23.5. The van der Waals surface area contributed by atoms with Crippen LogP contribution in [0.5, 0.6) is 0 Å². The van der Waals surface area contributed by atoms with Crippen molar-refractivity contribution in [3.63, 3.8) is 0 Å². The van der Waals surface area contributed by atoms with Crippen LogP contribution in [0.1, 0.15) is 37.5 Å². The molecule has 3 rings (SSSR count). The van der Waals surface area contributed by atoms with Gasteiger partial charge in [-0.15, -0.1) is 0 Å². The smallest absolute Gasteiger partial charge is 0.232 e. The molecule has 1 N–H and O–H groups in total. The van der Waals surface area contributed by atoms with Crippen LogP contribution in [-0.2, 0) is 0 Å². The molecule has 19 heavy (non-hydrogen) atoms. The molecule has 0 radical (unpaired) electrons. The van der Waals surface area contributed by atoms with Crippen LogP contribution < -0.4 is 0 Å². The number of nitrogens with zero attached hydrogens (tertiary/aromatic N) is 2. The lowest BCUT2D eigenvalue weighted by Gasteiger charge is -2.24. The molecule has 0 spiro atoms. The zero-order valence-electron chi connectivity index (χ0n) is 10.4. The third-order valence-electron chi connectivity index (χ3n) is 3.60. The van der Waals surface area contributed by atoms with Gasteiger partial charge in [0, 0.05) is 10.0 Å². The van der Waals surface area contributed by atoms with Gasteiger partial charge in [-0.3, -0.25) is 0 Å². The SMILES string of the molecule is OC1CCCCC1c1nc(-c2ccccc2Br)no1. The third kappa shape index (κ3) is 2.58. The first-order valence-corrected chi connectivity index (χ1v) is 7.31. The van der Waals surface area contributed by atoms with Gasteiger partial charge in [-0.2, -0.15) is 4.98 Å². The van der Waals surface area contributed by atoms with Gasteiger partial charge in [-0.25, -0.2) is 0 Å². The lowest BCUT2D eigenvalue weighted by molar-refractivity contribution is 0.0908. The monoisotopic (exact) mass is 322 g/mol. The van der Waals surface area contributed by atoms with Gasteiger partial charge >= 0.3 is 0 Å². The van der Waals surface area contributed by atoms with Crippen LogP contribution in [0.15, 0.2) is 33.3 Å². The van der Waals surface area contributed by atoms with Gasteiger partial charge < -0.3 is 9.63 Å². The second kappa shape index (κ2) is 5.43. The zero-order valence-corrected chi connectivity index (χ0v) is 12.0. The molecule has 2 atom stereocenters. The predicted octanol–water partition coefficient (Wildman–Crippen LogP) is 3.52. The van der Waals surface area contributed by atoms with Crippen molar-refractivity contribution in [2.75, 3.05) is 0 Å². The number of hydrogen-bond donors (Lipinski definition) is 1. The maximum Gasteiger partial charge on any atom is 0.232 e. The summed E-state index contributed by atoms with van der Waals surface area (Å²) in [4.78, 5) is 4.45. The molecule has 2 aromatic rings. The highest BCUT2D eigenvalue weighted by atomic mass is 79.9. The average molecular weight is 323 g/mol. The van der Waals surface area contributed by atoms with Gasteiger partial charge in [0.2, 0.25) is 11.7 Å². The molecule has 1 saturated carbocycles. The van der Waals surface area contributed by atoms with Crippen LogP contribution in [-0.4, -0.2) is 21.4 Å². The fraction of sp³-hybridized carbons (Fsp3) is 0.429. The molecule has 0 bridgehead atoms. The molecular weight excluding hydrogens is 308 g/mol. The van der Waals surface area contributed by atoms with E-state index >= 15 is 0 Å². The Balaban J connectivity index is 1.89. The summed E-state index contributed by atoms with van der Waals surface area (Å²) in [5.41, 5.74) is 0.905. The first-order valence-electron chi connectivity index (χ1n) is 6.52. The van der Waals surface area contributed by atoms with Gasteiger partial charge in [0.1, 0.15) is 0 Å². The van der Waals surface area contributed by atoms with Gasteiger partial charge in [0.25, 0.3) is 0 Å². The van der Waals surface area contributed by atoms with E-state index in [9.17, 15) is 5.11 Å². The standard InChI is InChI=1S/C14H15BrN2O2/c15-11-7-3-1-5-9(11)13-16-14(19-17-13)10-6-2-4-8-12(10)18/h1,3,5,7,10,12,18H,2,4,6,8H2. The van der Waals surface area contributed by atoms with E-state index in [0.29, 0.717) is 11.7 Å². The summed E-state index contributed by atoms with van der Waals surface area (Å²) >= 11 is 3.48. The number of aliphatic hydroxyl groups excluding tert-OH is 1. The maximum absolute atomic E-state index is 10.0. The zero-order chi connectivity index (χ0) is 13.2. The number of benzene rings is 1. The summed E-state index contributed by atoms with van der Waals surface area (Å²) in [5.74, 6) is 1.11. The van der Waals surface area contributed by atoms with E-state index in [0.717, 1.165) is 35.7 Å². The molecule has 100 valence electrons. The summed E-state index contributed by atoms with van der Waals surface area (Å²) in [5, 5.41) is 14.0. The van der Waals surface area contributed by atoms with Crippen molar-refractivity contribution in [2.24, 2.45) is 0 Å². The van der Waals surface area contributed by atoms with E-state index in [4.69, 9.17) is 4.52 Å². The minimum Gasteiger partial charge on any atom is -0.392 e. The van der Waals surface area contributed by atoms with Gasteiger partial charge in [0.15, 0.2) is 0 Å². The molecule has 2 unspecified atom stereocenters. The van der Waals surface area contributed by atoms with Crippen LogP contribution in [0.3, 0.4) is 0 Å². The number of aliphatic hydroxyl groups is 1. The van der Waals surface area contributed by atoms with Crippen LogP contribution >= 0.6 is 15.9 Å². The number of aromatic nitrogens is 2. The second-order valence-electron chi connectivity index (χ2n) is 4.89. The largest absolute Gasteiger partial charge is 0.392 e. The Morgan fingerprint density at radius 2 is 2.00 bits per heavy atom. The summed E-state index contributed by atoms with van der Waals surface area (Å²) in [7, 11) is 0. The van der Waals surface area contributed by atoms with E-state index < -0.39 is 0 Å². The van der Waals surface area contributed by atoms with Crippen molar-refractivity contribution in [2.45, 2.75) is 37.7 Å². The molecule has 1 aromatic heterocycles. The molecule has 0 saturated heterocycles. The third-order valence-corrected chi connectivity index (χ3v) is 4.29. The van der Waals surface area contributed by atoms with E-state index in [2.05, 4.69) is 26.1 Å². The first-order chi connectivity index (χ1) is 9.25. The van der Waals surface area contributed by atoms with Crippen molar-refractivity contribution in [3.8, 4) is 11.4 Å². The molecule has 1 aliphatic carbocycles. The lowest BCUT2D eigenvalue weighted by atomic mass is 9.86. The molecule has 4 nitrogen and oxygen atoms in total. The van der Waals surface area contributed by atoms with Crippen molar-refractivity contribution < 1.29 is 9.63 Å². The topological polar surface area (TPSA) is 59.2 Å². The Morgan fingerprint density at radius 1 is 1.21 bits per heavy atom. The van der Waals surface area contributed by atoms with Gasteiger partial charge in [0.05, 0.1) is 12.0 Å². The molecular formula is C14H15BrN2O2. The fourth-order valence-electron chi connectivity index (χ4n) is 2.54. The Hall–Kier alpha value is -1.20. The highest BCUT2D eigenvalue weighted by Crippen LogP contribution is 2.34. The van der Waals surface area contributed by atoms with E-state index in [1.165, 1.54) is 0 Å². The lowest BCUT2D eigenvalue weighted by Crippen LogP contribution is -2.22. The predicted molar refractivity (Wildman–Crippen MR) is 74.6 cm³/mol. The molecule has 1 heterocycles. The maximum atomic E-state index is 10.0. The van der Waals surface area contributed by atoms with Crippen molar-refractivity contribution in [1.29, 1.82) is 0 Å². The summed E-state index contributed by atoms with van der Waals surface area (Å²) in [6.07, 6.45) is 3.55. The minimum atomic E-state index is -0.360. The van der Waals surface area contributed by atoms with Crippen LogP contribution in [0.2, 0.25) is 0 Å². The van der Waals surface area contributed by atoms with E-state index in [1.54, 1.807) is 0 Å². The number of rotatable bonds is 2. The van der Waals surface area contributed by atoms with Crippen LogP contribution in [0.25, 0.3) is 11.4 Å². The molecule has 1 aromatic carbocycles. The van der Waals surface area contributed by atoms with Crippen LogP contribution in [0.4, 0.5) is 0 Å². The molecule has 1 aliphatic rings. The fourth-order valence-corrected chi connectivity index (χ4v) is 3.00. The number of halogens is 1. The van der Waals surface area contributed by atoms with Gasteiger partial charge in [-0.1, -0.05) is 46.1 Å². The van der Waals surface area contributed by atoms with E-state index in [-0.39, 0.29) is 12.0 Å². The molecule has 0 aliphatic heterocycles. The van der Waals surface area contributed by atoms with Crippen molar-refractivity contribution >= 4 is 15.9 Å². The first kappa shape index (κ1) is 12.8. The number of hydrogen-bond acceptors (Lipinski definition) is 4. The van der Waals surface area contributed by atoms with Gasteiger partial charge in [-0.05, 0) is 25.0 Å². The molecule has 1 fully saturated rings. The summed E-state index contributed by atoms with van der Waals surface area (Å²) < 4.78 is 6.28. The summed E-state index contributed by atoms with van der Waals surface area (Å²) in [6, 6.07) is 7.77. The van der Waals surface area contributed by atoms with E-state index in [1.807, 2.05) is 24.3 Å². The quantitative estimate of drug-likeness (QED) is 0.919. The van der Waals surface area contributed by atoms with Crippen molar-refractivity contribution in [3.05, 3.63) is 34.6 Å². The molecule has 5 heteroatoms. The Morgan fingerprint density at radius 3 is 2.79 bits per heavy atom. The van der Waals surface area contributed by atoms with Crippen LogP contribution in [0, 0.1) is 0 Å². The summed E-state index contributed by atoms with van der Waals surface area (Å²) in [6.45, 7) is 0. The van der Waals surface area contributed by atoms with Crippen molar-refractivity contribution in [1.82, 2.24) is 10.1 Å².